The Balaban J connectivity index is 1.57. The fourth-order valence-electron chi connectivity index (χ4n) is 1.96. The van der Waals surface area contributed by atoms with Crippen molar-refractivity contribution in [2.24, 2.45) is 4.99 Å². The molecule has 0 fully saturated rings. The maximum absolute atomic E-state index is 11.7. The minimum atomic E-state index is -0.502. The summed E-state index contributed by atoms with van der Waals surface area (Å²) in [5.41, 5.74) is 4.35. The molecular formula is C18H15N3O2S. The van der Waals surface area contributed by atoms with Gasteiger partial charge in [-0.1, -0.05) is 53.8 Å². The van der Waals surface area contributed by atoms with Gasteiger partial charge in [0.05, 0.1) is 10.2 Å². The van der Waals surface area contributed by atoms with E-state index in [0.717, 1.165) is 15.8 Å². The number of fused-ring (bicyclic) bond motifs is 1. The number of thiazole rings is 1. The lowest BCUT2D eigenvalue weighted by atomic mass is 10.2. The maximum Gasteiger partial charge on any atom is 0.355 e. The Morgan fingerprint density at radius 1 is 1.17 bits per heavy atom. The molecule has 0 aliphatic carbocycles. The monoisotopic (exact) mass is 337 g/mol. The molecule has 1 heterocycles. The van der Waals surface area contributed by atoms with Crippen LogP contribution in [-0.2, 0) is 9.63 Å². The molecule has 24 heavy (non-hydrogen) atoms. The molecule has 1 N–H and O–H groups in total. The van der Waals surface area contributed by atoms with Gasteiger partial charge in [0, 0.05) is 6.08 Å². The van der Waals surface area contributed by atoms with E-state index < -0.39 is 5.97 Å². The molecule has 0 unspecified atom stereocenters. The summed E-state index contributed by atoms with van der Waals surface area (Å²) in [6.45, 7) is 1.71. The maximum atomic E-state index is 11.7. The highest BCUT2D eigenvalue weighted by atomic mass is 32.1. The van der Waals surface area contributed by atoms with Crippen molar-refractivity contribution in [3.63, 3.8) is 0 Å². The Hall–Kier alpha value is -2.99. The van der Waals surface area contributed by atoms with Crippen LogP contribution in [0.1, 0.15) is 12.5 Å². The number of benzene rings is 2. The Morgan fingerprint density at radius 3 is 2.71 bits per heavy atom. The zero-order valence-electron chi connectivity index (χ0n) is 13.0. The molecule has 0 amide bonds. The first-order valence-electron chi connectivity index (χ1n) is 7.31. The largest absolute Gasteiger partial charge is 0.355 e. The molecule has 0 aliphatic rings. The van der Waals surface area contributed by atoms with E-state index in [2.05, 4.69) is 15.5 Å². The molecule has 2 aromatic carbocycles. The summed E-state index contributed by atoms with van der Waals surface area (Å²) >= 11 is 1.47. The first-order valence-corrected chi connectivity index (χ1v) is 8.13. The van der Waals surface area contributed by atoms with Gasteiger partial charge in [-0.2, -0.15) is 0 Å². The van der Waals surface area contributed by atoms with Crippen LogP contribution in [0.15, 0.2) is 65.7 Å². The molecule has 6 heteroatoms. The van der Waals surface area contributed by atoms with Gasteiger partial charge >= 0.3 is 5.97 Å². The van der Waals surface area contributed by atoms with E-state index in [0.29, 0.717) is 11.0 Å². The number of hydroxylamine groups is 1. The van der Waals surface area contributed by atoms with Crippen LogP contribution in [-0.4, -0.2) is 16.8 Å². The molecule has 120 valence electrons. The number of hydrogen-bond acceptors (Lipinski definition) is 5. The lowest BCUT2D eigenvalue weighted by Gasteiger charge is -2.02. The average molecular weight is 337 g/mol. The first kappa shape index (κ1) is 15.9. The smallest absolute Gasteiger partial charge is 0.337 e. The Kier molecular flexibility index (Phi) is 4.98. The predicted octanol–water partition coefficient (Wildman–Crippen LogP) is 4.11. The van der Waals surface area contributed by atoms with Crippen LogP contribution in [0.2, 0.25) is 0 Å². The lowest BCUT2D eigenvalue weighted by Crippen LogP contribution is -2.23. The molecule has 1 aromatic heterocycles. The molecule has 3 aromatic rings. The predicted molar refractivity (Wildman–Crippen MR) is 97.1 cm³/mol. The van der Waals surface area contributed by atoms with Gasteiger partial charge in [-0.15, -0.1) is 0 Å². The van der Waals surface area contributed by atoms with Crippen molar-refractivity contribution in [2.45, 2.75) is 6.92 Å². The van der Waals surface area contributed by atoms with Crippen LogP contribution in [0.4, 0.5) is 5.13 Å². The number of nitrogens with zero attached hydrogens (tertiary/aromatic N) is 2. The number of hydrogen-bond donors (Lipinski definition) is 1. The minimum Gasteiger partial charge on any atom is -0.337 e. The molecule has 0 radical (unpaired) electrons. The van der Waals surface area contributed by atoms with E-state index in [9.17, 15) is 4.79 Å². The summed E-state index contributed by atoms with van der Waals surface area (Å²) in [4.78, 5) is 25.3. The molecule has 0 aliphatic heterocycles. The minimum absolute atomic E-state index is 0.454. The fraction of sp³-hybridized carbons (Fsp3) is 0.0556. The van der Waals surface area contributed by atoms with Gasteiger partial charge in [0.2, 0.25) is 5.13 Å². The number of carbonyl (C=O) groups is 1. The summed E-state index contributed by atoms with van der Waals surface area (Å²) in [6, 6.07) is 17.3. The van der Waals surface area contributed by atoms with Crippen LogP contribution >= 0.6 is 11.3 Å². The van der Waals surface area contributed by atoms with Crippen LogP contribution < -0.4 is 5.48 Å². The van der Waals surface area contributed by atoms with Crippen molar-refractivity contribution < 1.29 is 9.63 Å². The third kappa shape index (κ3) is 4.27. The van der Waals surface area contributed by atoms with Crippen molar-refractivity contribution in [3.05, 3.63) is 66.2 Å². The zero-order chi connectivity index (χ0) is 16.8. The van der Waals surface area contributed by atoms with E-state index in [-0.39, 0.29) is 0 Å². The average Bonchev–Trinajstić information content (AvgIpc) is 3.01. The number of amidine groups is 1. The number of para-hydroxylation sites is 1. The molecule has 3 rings (SSSR count). The zero-order valence-corrected chi connectivity index (χ0v) is 13.8. The Bertz CT molecular complexity index is 868. The summed E-state index contributed by atoms with van der Waals surface area (Å²) in [5, 5.41) is 0.608. The van der Waals surface area contributed by atoms with E-state index in [1.165, 1.54) is 17.4 Å². The topological polar surface area (TPSA) is 63.6 Å². The normalized spacial score (nSPS) is 11.8. The second-order valence-corrected chi connectivity index (χ2v) is 5.94. The highest BCUT2D eigenvalue weighted by Gasteiger charge is 2.03. The van der Waals surface area contributed by atoms with E-state index in [1.54, 1.807) is 13.0 Å². The van der Waals surface area contributed by atoms with Crippen molar-refractivity contribution >= 4 is 44.6 Å². The molecular weight excluding hydrogens is 322 g/mol. The summed E-state index contributed by atoms with van der Waals surface area (Å²) in [5.74, 6) is -0.0479. The number of nitrogens with one attached hydrogen (secondary N) is 1. The molecule has 0 bridgehead atoms. The van der Waals surface area contributed by atoms with Gasteiger partial charge in [0.15, 0.2) is 0 Å². The van der Waals surface area contributed by atoms with E-state index in [1.807, 2.05) is 54.6 Å². The van der Waals surface area contributed by atoms with Crippen molar-refractivity contribution in [3.8, 4) is 0 Å². The van der Waals surface area contributed by atoms with Gasteiger partial charge in [0.25, 0.3) is 0 Å². The number of rotatable bonds is 3. The van der Waals surface area contributed by atoms with Gasteiger partial charge in [0.1, 0.15) is 5.84 Å². The Labute approximate surface area is 143 Å². The summed E-state index contributed by atoms with van der Waals surface area (Å²) in [6.07, 6.45) is 3.04. The van der Waals surface area contributed by atoms with Crippen LogP contribution in [0.25, 0.3) is 16.3 Å². The first-order chi connectivity index (χ1) is 11.7. The van der Waals surface area contributed by atoms with Crippen LogP contribution in [0.3, 0.4) is 0 Å². The molecule has 5 nitrogen and oxygen atoms in total. The van der Waals surface area contributed by atoms with E-state index in [4.69, 9.17) is 4.84 Å². The van der Waals surface area contributed by atoms with Crippen LogP contribution in [0.5, 0.6) is 0 Å². The Morgan fingerprint density at radius 2 is 1.92 bits per heavy atom. The third-order valence-electron chi connectivity index (χ3n) is 3.06. The number of aromatic nitrogens is 1. The van der Waals surface area contributed by atoms with Gasteiger partial charge < -0.3 is 4.84 Å². The van der Waals surface area contributed by atoms with Crippen molar-refractivity contribution in [1.29, 1.82) is 0 Å². The number of carbonyl (C=O) groups excluding carboxylic acids is 1. The second kappa shape index (κ2) is 7.52. The van der Waals surface area contributed by atoms with Crippen LogP contribution in [0, 0.1) is 0 Å². The quantitative estimate of drug-likeness (QED) is 0.338. The van der Waals surface area contributed by atoms with E-state index >= 15 is 0 Å². The van der Waals surface area contributed by atoms with Crippen molar-refractivity contribution in [2.75, 3.05) is 0 Å². The molecule has 0 saturated carbocycles. The highest BCUT2D eigenvalue weighted by Crippen LogP contribution is 2.27. The second-order valence-electron chi connectivity index (χ2n) is 4.93. The molecule has 0 saturated heterocycles. The highest BCUT2D eigenvalue weighted by molar-refractivity contribution is 7.22. The third-order valence-corrected chi connectivity index (χ3v) is 3.99. The van der Waals surface area contributed by atoms with Gasteiger partial charge in [-0.05, 0) is 30.7 Å². The summed E-state index contributed by atoms with van der Waals surface area (Å²) in [7, 11) is 0. The molecule has 0 atom stereocenters. The fourth-order valence-corrected chi connectivity index (χ4v) is 2.85. The molecule has 0 spiro atoms. The van der Waals surface area contributed by atoms with Gasteiger partial charge in [-0.3, -0.25) is 0 Å². The standard InChI is InChI=1S/C18H15N3O2S/c1-13(19-18-20-15-9-5-6-10-16(15)24-18)21-23-17(22)12-11-14-7-3-2-4-8-14/h2-12H,1H3,(H,19,20,21). The summed E-state index contributed by atoms with van der Waals surface area (Å²) < 4.78 is 1.06. The van der Waals surface area contributed by atoms with Gasteiger partial charge in [-0.25, -0.2) is 20.3 Å². The SMILES string of the molecule is CC(=Nc1nc2ccccc2s1)NOC(=O)C=Cc1ccccc1. The van der Waals surface area contributed by atoms with Crippen molar-refractivity contribution in [1.82, 2.24) is 10.5 Å². The lowest BCUT2D eigenvalue weighted by molar-refractivity contribution is -0.141. The number of aliphatic imine (C=N–C) groups is 1.